The number of rotatable bonds is 4. The van der Waals surface area contributed by atoms with E-state index in [0.29, 0.717) is 5.69 Å². The van der Waals surface area contributed by atoms with Crippen molar-refractivity contribution >= 4 is 27.6 Å². The van der Waals surface area contributed by atoms with Gasteiger partial charge in [0.2, 0.25) is 0 Å². The van der Waals surface area contributed by atoms with Crippen LogP contribution >= 0.6 is 15.9 Å². The minimum absolute atomic E-state index is 0.0721. The van der Waals surface area contributed by atoms with Gasteiger partial charge in [-0.1, -0.05) is 0 Å². The predicted octanol–water partition coefficient (Wildman–Crippen LogP) is 3.43. The van der Waals surface area contributed by atoms with Crippen LogP contribution in [0, 0.1) is 11.6 Å². The van der Waals surface area contributed by atoms with Gasteiger partial charge in [0.25, 0.3) is 0 Å². The first-order valence-corrected chi connectivity index (χ1v) is 6.33. The summed E-state index contributed by atoms with van der Waals surface area (Å²) < 4.78 is 26.7. The summed E-state index contributed by atoms with van der Waals surface area (Å²) in [5, 5.41) is 11.5. The van der Waals surface area contributed by atoms with Crippen molar-refractivity contribution in [3.8, 4) is 0 Å². The molecule has 1 aromatic heterocycles. The molecule has 1 heterocycles. The highest BCUT2D eigenvalue weighted by Crippen LogP contribution is 2.27. The number of benzene rings is 1. The molecular weight excluding hydrogens is 334 g/mol. The number of carboxylic acid groups (broad SMARTS) is 1. The summed E-state index contributed by atoms with van der Waals surface area (Å²) in [4.78, 5) is 14.6. The zero-order valence-electron chi connectivity index (χ0n) is 10.0. The van der Waals surface area contributed by atoms with E-state index in [1.807, 2.05) is 0 Å². The van der Waals surface area contributed by atoms with Gasteiger partial charge in [-0.2, -0.15) is 0 Å². The molecule has 0 unspecified atom stereocenters. The van der Waals surface area contributed by atoms with E-state index < -0.39 is 17.6 Å². The Labute approximate surface area is 121 Å². The number of pyridine rings is 1. The van der Waals surface area contributed by atoms with Crippen LogP contribution in [0.3, 0.4) is 0 Å². The zero-order valence-corrected chi connectivity index (χ0v) is 11.6. The molecule has 0 atom stereocenters. The lowest BCUT2D eigenvalue weighted by Gasteiger charge is -2.09. The average molecular weight is 343 g/mol. The van der Waals surface area contributed by atoms with Crippen LogP contribution in [0.25, 0.3) is 0 Å². The summed E-state index contributed by atoms with van der Waals surface area (Å²) >= 11 is 3.06. The Balaban J connectivity index is 2.11. The number of nitrogens with zero attached hydrogens (tertiary/aromatic N) is 1. The van der Waals surface area contributed by atoms with Gasteiger partial charge in [0.15, 0.2) is 0 Å². The molecule has 2 aromatic rings. The third-order valence-corrected chi connectivity index (χ3v) is 3.15. The maximum atomic E-state index is 13.6. The average Bonchev–Trinajstić information content (AvgIpc) is 2.38. The molecule has 2 rings (SSSR count). The van der Waals surface area contributed by atoms with Gasteiger partial charge in [0.05, 0.1) is 23.5 Å². The number of hydrogen-bond donors (Lipinski definition) is 2. The van der Waals surface area contributed by atoms with Gasteiger partial charge in [0, 0.05) is 16.7 Å². The lowest BCUT2D eigenvalue weighted by molar-refractivity contribution is 0.0696. The smallest absolute Gasteiger partial charge is 0.337 e. The largest absolute Gasteiger partial charge is 0.478 e. The van der Waals surface area contributed by atoms with E-state index in [2.05, 4.69) is 26.2 Å². The fourth-order valence-corrected chi connectivity index (χ4v) is 2.09. The van der Waals surface area contributed by atoms with Crippen molar-refractivity contribution in [1.82, 2.24) is 4.98 Å². The molecule has 0 amide bonds. The molecule has 0 radical (unpaired) electrons. The van der Waals surface area contributed by atoms with E-state index in [0.717, 1.165) is 12.1 Å². The molecule has 0 aliphatic rings. The van der Waals surface area contributed by atoms with Crippen LogP contribution in [-0.4, -0.2) is 16.1 Å². The summed E-state index contributed by atoms with van der Waals surface area (Å²) in [6.07, 6.45) is 1.22. The summed E-state index contributed by atoms with van der Waals surface area (Å²) in [5.41, 5.74) is 0.726. The van der Waals surface area contributed by atoms with Crippen LogP contribution in [0.5, 0.6) is 0 Å². The highest BCUT2D eigenvalue weighted by atomic mass is 79.9. The molecule has 0 aliphatic carbocycles. The quantitative estimate of drug-likeness (QED) is 0.893. The first-order valence-electron chi connectivity index (χ1n) is 5.54. The minimum Gasteiger partial charge on any atom is -0.478 e. The molecule has 0 aliphatic heterocycles. The zero-order chi connectivity index (χ0) is 14.7. The lowest BCUT2D eigenvalue weighted by Crippen LogP contribution is -2.05. The van der Waals surface area contributed by atoms with Gasteiger partial charge in [-0.3, -0.25) is 4.98 Å². The minimum atomic E-state index is -1.07. The third-order valence-electron chi connectivity index (χ3n) is 2.52. The maximum absolute atomic E-state index is 13.6. The normalized spacial score (nSPS) is 10.3. The first-order chi connectivity index (χ1) is 9.47. The standard InChI is InChI=1S/C13H9BrF2N2O2/c14-10-3-8(15)4-11(16)12(10)18-6-9-2-1-7(5-17-9)13(19)20/h1-5,18H,6H2,(H,19,20). The van der Waals surface area contributed by atoms with E-state index >= 15 is 0 Å². The van der Waals surface area contributed by atoms with Gasteiger partial charge in [0.1, 0.15) is 11.6 Å². The Kier molecular flexibility index (Phi) is 4.29. The van der Waals surface area contributed by atoms with E-state index in [-0.39, 0.29) is 22.3 Å². The summed E-state index contributed by atoms with van der Waals surface area (Å²) in [6, 6.07) is 4.84. The molecule has 0 saturated heterocycles. The third kappa shape index (κ3) is 3.30. The van der Waals surface area contributed by atoms with Crippen LogP contribution in [0.1, 0.15) is 16.1 Å². The van der Waals surface area contributed by atoms with Crippen molar-refractivity contribution in [3.63, 3.8) is 0 Å². The summed E-state index contributed by atoms with van der Waals surface area (Å²) in [7, 11) is 0. The number of carboxylic acids is 1. The Bertz CT molecular complexity index is 624. The molecule has 0 fully saturated rings. The summed E-state index contributed by atoms with van der Waals surface area (Å²) in [6.45, 7) is 0.182. The second-order valence-corrected chi connectivity index (χ2v) is 4.80. The van der Waals surface area contributed by atoms with Gasteiger partial charge in [-0.25, -0.2) is 13.6 Å². The first kappa shape index (κ1) is 14.4. The van der Waals surface area contributed by atoms with Crippen molar-refractivity contribution in [1.29, 1.82) is 0 Å². The number of carbonyl (C=O) groups is 1. The van der Waals surface area contributed by atoms with Crippen LogP contribution in [0.15, 0.2) is 34.9 Å². The number of halogens is 3. The van der Waals surface area contributed by atoms with Crippen molar-refractivity contribution in [3.05, 3.63) is 57.8 Å². The number of nitrogens with one attached hydrogen (secondary N) is 1. The molecule has 2 N–H and O–H groups in total. The fraction of sp³-hybridized carbons (Fsp3) is 0.0769. The Morgan fingerprint density at radius 3 is 2.65 bits per heavy atom. The van der Waals surface area contributed by atoms with E-state index in [1.54, 1.807) is 0 Å². The second kappa shape index (κ2) is 5.96. The van der Waals surface area contributed by atoms with Gasteiger partial charge < -0.3 is 10.4 Å². The van der Waals surface area contributed by atoms with Crippen molar-refractivity contribution in [2.75, 3.05) is 5.32 Å². The van der Waals surface area contributed by atoms with Gasteiger partial charge in [-0.15, -0.1) is 0 Å². The number of hydrogen-bond acceptors (Lipinski definition) is 3. The predicted molar refractivity (Wildman–Crippen MR) is 72.6 cm³/mol. The monoisotopic (exact) mass is 342 g/mol. The molecule has 1 aromatic carbocycles. The van der Waals surface area contributed by atoms with Crippen molar-refractivity contribution in [2.24, 2.45) is 0 Å². The number of anilines is 1. The molecule has 7 heteroatoms. The molecule has 20 heavy (non-hydrogen) atoms. The van der Waals surface area contributed by atoms with Crippen molar-refractivity contribution < 1.29 is 18.7 Å². The van der Waals surface area contributed by atoms with Crippen LogP contribution in [-0.2, 0) is 6.54 Å². The Morgan fingerprint density at radius 2 is 2.10 bits per heavy atom. The maximum Gasteiger partial charge on any atom is 0.337 e. The molecule has 104 valence electrons. The van der Waals surface area contributed by atoms with Crippen molar-refractivity contribution in [2.45, 2.75) is 6.54 Å². The highest BCUT2D eigenvalue weighted by molar-refractivity contribution is 9.10. The SMILES string of the molecule is O=C(O)c1ccc(CNc2c(F)cc(F)cc2Br)nc1. The molecule has 0 spiro atoms. The topological polar surface area (TPSA) is 62.2 Å². The second-order valence-electron chi connectivity index (χ2n) is 3.94. The molecular formula is C13H9BrF2N2O2. The summed E-state index contributed by atoms with van der Waals surface area (Å²) in [5.74, 6) is -2.47. The van der Waals surface area contributed by atoms with Crippen LogP contribution in [0.4, 0.5) is 14.5 Å². The fourth-order valence-electron chi connectivity index (χ4n) is 1.55. The lowest BCUT2D eigenvalue weighted by atomic mass is 10.2. The van der Waals surface area contributed by atoms with Gasteiger partial charge in [-0.05, 0) is 34.1 Å². The number of aromatic nitrogens is 1. The Morgan fingerprint density at radius 1 is 1.35 bits per heavy atom. The molecule has 0 bridgehead atoms. The Hall–Kier alpha value is -2.02. The molecule has 0 saturated carbocycles. The number of aromatic carboxylic acids is 1. The van der Waals surface area contributed by atoms with E-state index in [1.165, 1.54) is 18.3 Å². The van der Waals surface area contributed by atoms with Crippen LogP contribution in [0.2, 0.25) is 0 Å². The van der Waals surface area contributed by atoms with Crippen LogP contribution < -0.4 is 5.32 Å². The molecule has 4 nitrogen and oxygen atoms in total. The van der Waals surface area contributed by atoms with E-state index in [9.17, 15) is 13.6 Å². The van der Waals surface area contributed by atoms with E-state index in [4.69, 9.17) is 5.11 Å². The highest BCUT2D eigenvalue weighted by Gasteiger charge is 2.10. The van der Waals surface area contributed by atoms with Gasteiger partial charge >= 0.3 is 5.97 Å².